The number of hydrogen-bond donors (Lipinski definition) is 1. The largest absolute Gasteiger partial charge is 0.486 e. The molecule has 4 heterocycles. The molecule has 1 amide bonds. The van der Waals surface area contributed by atoms with Gasteiger partial charge < -0.3 is 23.8 Å². The molecular formula is C26H20N2O5. The summed E-state index contributed by atoms with van der Waals surface area (Å²) in [6.07, 6.45) is 3.76. The van der Waals surface area contributed by atoms with Crippen LogP contribution in [0.4, 0.5) is 5.69 Å². The number of carbonyl (C=O) groups is 2. The first-order valence-electron chi connectivity index (χ1n) is 10.8. The molecule has 0 saturated heterocycles. The van der Waals surface area contributed by atoms with Crippen LogP contribution in [0.3, 0.4) is 0 Å². The molecule has 2 aliphatic rings. The summed E-state index contributed by atoms with van der Waals surface area (Å²) in [6, 6.07) is 18.6. The van der Waals surface area contributed by atoms with Crippen LogP contribution in [-0.2, 0) is 0 Å². The zero-order valence-corrected chi connectivity index (χ0v) is 17.6. The van der Waals surface area contributed by atoms with Gasteiger partial charge in [-0.2, -0.15) is 0 Å². The highest BCUT2D eigenvalue weighted by Crippen LogP contribution is 2.41. The van der Waals surface area contributed by atoms with Gasteiger partial charge in [-0.05, 0) is 48.0 Å². The van der Waals surface area contributed by atoms with E-state index >= 15 is 0 Å². The number of hydrogen-bond acceptors (Lipinski definition) is 5. The Hall–Kier alpha value is -4.26. The van der Waals surface area contributed by atoms with Gasteiger partial charge >= 0.3 is 0 Å². The molecule has 6 rings (SSSR count). The summed E-state index contributed by atoms with van der Waals surface area (Å²) in [5.41, 5.74) is 4.09. The molecule has 2 aromatic heterocycles. The van der Waals surface area contributed by atoms with Gasteiger partial charge in [0.05, 0.1) is 12.0 Å². The summed E-state index contributed by atoms with van der Waals surface area (Å²) in [6.45, 7) is 0.962. The summed E-state index contributed by atoms with van der Waals surface area (Å²) >= 11 is 0. The average molecular weight is 440 g/mol. The van der Waals surface area contributed by atoms with Crippen molar-refractivity contribution in [2.75, 3.05) is 18.5 Å². The molecule has 0 fully saturated rings. The second kappa shape index (κ2) is 7.70. The number of ketones is 1. The molecule has 7 nitrogen and oxygen atoms in total. The Morgan fingerprint density at radius 3 is 2.52 bits per heavy atom. The molecule has 1 N–H and O–H groups in total. The van der Waals surface area contributed by atoms with E-state index in [1.165, 1.54) is 6.26 Å². The van der Waals surface area contributed by atoms with E-state index < -0.39 is 0 Å². The fraction of sp³-hybridized carbons (Fsp3) is 0.154. The Kier molecular flexibility index (Phi) is 4.54. The first-order valence-corrected chi connectivity index (χ1v) is 10.8. The number of anilines is 1. The summed E-state index contributed by atoms with van der Waals surface area (Å²) in [4.78, 5) is 25.5. The van der Waals surface area contributed by atoms with E-state index in [9.17, 15) is 9.59 Å². The van der Waals surface area contributed by atoms with Crippen LogP contribution in [0.2, 0.25) is 0 Å². The highest BCUT2D eigenvalue weighted by molar-refractivity contribution is 6.02. The number of carbonyl (C=O) groups excluding carboxylic acids is 2. The Morgan fingerprint density at radius 1 is 0.970 bits per heavy atom. The van der Waals surface area contributed by atoms with Crippen LogP contribution >= 0.6 is 0 Å². The quantitative estimate of drug-likeness (QED) is 0.494. The second-order valence-electron chi connectivity index (χ2n) is 8.05. The van der Waals surface area contributed by atoms with E-state index in [2.05, 4.69) is 9.88 Å². The predicted molar refractivity (Wildman–Crippen MR) is 121 cm³/mol. The van der Waals surface area contributed by atoms with Gasteiger partial charge in [-0.25, -0.2) is 0 Å². The van der Waals surface area contributed by atoms with Gasteiger partial charge in [0.2, 0.25) is 0 Å². The number of nitrogens with one attached hydrogen (secondary N) is 1. The molecule has 0 aliphatic carbocycles. The minimum Gasteiger partial charge on any atom is -0.486 e. The second-order valence-corrected chi connectivity index (χ2v) is 8.05. The van der Waals surface area contributed by atoms with Gasteiger partial charge in [-0.3, -0.25) is 9.59 Å². The monoisotopic (exact) mass is 440 g/mol. The molecule has 0 bridgehead atoms. The van der Waals surface area contributed by atoms with E-state index in [1.807, 2.05) is 48.7 Å². The molecule has 1 atom stereocenters. The maximum atomic E-state index is 13.3. The van der Waals surface area contributed by atoms with Crippen LogP contribution in [0.15, 0.2) is 77.5 Å². The highest BCUT2D eigenvalue weighted by atomic mass is 16.6. The average Bonchev–Trinajstić information content (AvgIpc) is 3.53. The lowest BCUT2D eigenvalue weighted by atomic mass is 9.90. The fourth-order valence-corrected chi connectivity index (χ4v) is 4.49. The van der Waals surface area contributed by atoms with Gasteiger partial charge in [-0.15, -0.1) is 0 Å². The molecule has 164 valence electrons. The topological polar surface area (TPSA) is 82.7 Å². The molecule has 0 radical (unpaired) electrons. The zero-order chi connectivity index (χ0) is 22.4. The third kappa shape index (κ3) is 3.38. The first-order chi connectivity index (χ1) is 16.2. The van der Waals surface area contributed by atoms with Gasteiger partial charge in [0.25, 0.3) is 5.91 Å². The number of furan rings is 1. The summed E-state index contributed by atoms with van der Waals surface area (Å²) in [5.74, 6) is 1.12. The van der Waals surface area contributed by atoms with Crippen molar-refractivity contribution in [2.45, 2.75) is 12.3 Å². The zero-order valence-electron chi connectivity index (χ0n) is 17.6. The molecular weight excluding hydrogens is 420 g/mol. The van der Waals surface area contributed by atoms with Gasteiger partial charge in [-0.1, -0.05) is 12.1 Å². The first kappa shape index (κ1) is 19.4. The van der Waals surface area contributed by atoms with Crippen molar-refractivity contribution in [3.05, 3.63) is 95.7 Å². The minimum absolute atomic E-state index is 0.0471. The van der Waals surface area contributed by atoms with Gasteiger partial charge in [0, 0.05) is 41.5 Å². The van der Waals surface area contributed by atoms with Crippen LogP contribution in [0, 0.1) is 0 Å². The number of fused-ring (bicyclic) bond motifs is 4. The van der Waals surface area contributed by atoms with Crippen molar-refractivity contribution in [2.24, 2.45) is 0 Å². The van der Waals surface area contributed by atoms with E-state index in [0.29, 0.717) is 42.4 Å². The molecule has 2 aliphatic heterocycles. The highest BCUT2D eigenvalue weighted by Gasteiger charge is 2.30. The molecule has 0 spiro atoms. The summed E-state index contributed by atoms with van der Waals surface area (Å²) in [5, 5.41) is 2.82. The maximum Gasteiger partial charge on any atom is 0.291 e. The van der Waals surface area contributed by atoms with Crippen LogP contribution in [0.5, 0.6) is 11.5 Å². The molecule has 0 saturated carbocycles. The van der Waals surface area contributed by atoms with Crippen LogP contribution in [0.25, 0.3) is 5.69 Å². The van der Waals surface area contributed by atoms with Crippen molar-refractivity contribution in [1.29, 1.82) is 0 Å². The lowest BCUT2D eigenvalue weighted by Gasteiger charge is -2.21. The molecule has 33 heavy (non-hydrogen) atoms. The van der Waals surface area contributed by atoms with Crippen molar-refractivity contribution < 1.29 is 23.5 Å². The summed E-state index contributed by atoms with van der Waals surface area (Å²) < 4.78 is 18.6. The Bertz CT molecular complexity index is 1350. The van der Waals surface area contributed by atoms with Crippen LogP contribution < -0.4 is 14.8 Å². The maximum absolute atomic E-state index is 13.3. The lowest BCUT2D eigenvalue weighted by Crippen LogP contribution is -2.16. The third-order valence-electron chi connectivity index (χ3n) is 6.06. The number of rotatable bonds is 3. The standard InChI is InChI=1S/C26H20N2O5/c29-22-13-18(16-5-7-17(8-6-16)27-26(30)23-4-2-10-31-23)20-3-1-9-28(20)21-15-25-24(14-19(21)22)32-11-12-33-25/h1-10,14-15,18H,11-13H2,(H,27,30)/t18-/m0/s1. The van der Waals surface area contributed by atoms with Gasteiger partial charge in [0.15, 0.2) is 23.0 Å². The number of nitrogens with zero attached hydrogens (tertiary/aromatic N) is 1. The third-order valence-corrected chi connectivity index (χ3v) is 6.06. The van der Waals surface area contributed by atoms with Crippen molar-refractivity contribution in [1.82, 2.24) is 4.57 Å². The van der Waals surface area contributed by atoms with Crippen LogP contribution in [0.1, 0.15) is 44.5 Å². The summed E-state index contributed by atoms with van der Waals surface area (Å²) in [7, 11) is 0. The Morgan fingerprint density at radius 2 is 1.76 bits per heavy atom. The number of Topliss-reactive ketones (excluding diaryl/α,β-unsaturated/α-hetero) is 1. The van der Waals surface area contributed by atoms with Gasteiger partial charge in [0.1, 0.15) is 13.2 Å². The molecule has 4 aromatic rings. The SMILES string of the molecule is O=C(Nc1ccc([C@@H]2CC(=O)c3cc4c(cc3-n3cccc32)OCCO4)cc1)c1ccco1. The Labute approximate surface area is 189 Å². The number of benzene rings is 2. The number of ether oxygens (including phenoxy) is 2. The van der Waals surface area contributed by atoms with Crippen LogP contribution in [-0.4, -0.2) is 29.5 Å². The van der Waals surface area contributed by atoms with Crippen molar-refractivity contribution in [3.8, 4) is 17.2 Å². The fourth-order valence-electron chi connectivity index (χ4n) is 4.49. The van der Waals surface area contributed by atoms with Crippen molar-refractivity contribution >= 4 is 17.4 Å². The minimum atomic E-state index is -0.310. The van der Waals surface area contributed by atoms with E-state index in [0.717, 1.165) is 16.9 Å². The van der Waals surface area contributed by atoms with Crippen molar-refractivity contribution in [3.63, 3.8) is 0 Å². The molecule has 0 unspecified atom stereocenters. The van der Waals surface area contributed by atoms with E-state index in [4.69, 9.17) is 13.9 Å². The van der Waals surface area contributed by atoms with E-state index in [1.54, 1.807) is 18.2 Å². The van der Waals surface area contributed by atoms with E-state index in [-0.39, 0.29) is 23.4 Å². The lowest BCUT2D eigenvalue weighted by molar-refractivity contribution is 0.0975. The molecule has 2 aromatic carbocycles. The number of aromatic nitrogens is 1. The predicted octanol–water partition coefficient (Wildman–Crippen LogP) is 4.81. The normalized spacial score (nSPS) is 16.5. The molecule has 7 heteroatoms. The number of amides is 1. The Balaban J connectivity index is 1.33. The smallest absolute Gasteiger partial charge is 0.291 e.